The van der Waals surface area contributed by atoms with Crippen LogP contribution in [0.2, 0.25) is 0 Å². The highest BCUT2D eigenvalue weighted by Crippen LogP contribution is 2.36. The van der Waals surface area contributed by atoms with Crippen molar-refractivity contribution in [3.8, 4) is 11.5 Å². The maximum atomic E-state index is 13.3. The lowest BCUT2D eigenvalue weighted by atomic mass is 10.1. The number of rotatable bonds is 6. The molecule has 0 saturated heterocycles. The van der Waals surface area contributed by atoms with Gasteiger partial charge in [0.05, 0.1) is 25.5 Å². The predicted molar refractivity (Wildman–Crippen MR) is 113 cm³/mol. The zero-order valence-corrected chi connectivity index (χ0v) is 16.7. The molecular weight excluding hydrogens is 388 g/mol. The second-order valence-corrected chi connectivity index (χ2v) is 7.18. The van der Waals surface area contributed by atoms with Crippen LogP contribution in [0.1, 0.15) is 4.88 Å². The minimum absolute atomic E-state index is 0.219. The van der Waals surface area contributed by atoms with Crippen LogP contribution in [0.4, 0.5) is 11.4 Å². The van der Waals surface area contributed by atoms with E-state index in [4.69, 9.17) is 9.47 Å². The Hall–Kier alpha value is -3.58. The van der Waals surface area contributed by atoms with E-state index in [0.29, 0.717) is 28.4 Å². The third kappa shape index (κ3) is 3.48. The Kier molecular flexibility index (Phi) is 5.05. The Labute approximate surface area is 172 Å². The number of methoxy groups -OCH3 is 2. The summed E-state index contributed by atoms with van der Waals surface area (Å²) in [5, 5.41) is 5.00. The molecule has 1 N–H and O–H groups in total. The van der Waals surface area contributed by atoms with Gasteiger partial charge in [-0.15, -0.1) is 11.3 Å². The number of hydrogen-bond acceptors (Lipinski definition) is 6. The number of imide groups is 1. The van der Waals surface area contributed by atoms with E-state index in [1.165, 1.54) is 16.2 Å². The summed E-state index contributed by atoms with van der Waals surface area (Å²) in [6.45, 7) is 0. The van der Waals surface area contributed by atoms with Crippen LogP contribution >= 0.6 is 11.3 Å². The standard InChI is InChI=1S/C22H18N2O4S/c1-27-16-11-14(12-17(13-16)28-2)23-20-19(18-9-6-10-29-18)21(25)24(22(20)26)15-7-4-3-5-8-15/h3-13,23H,1-2H3. The first kappa shape index (κ1) is 18.8. The molecule has 1 aromatic heterocycles. The van der Waals surface area contributed by atoms with Crippen molar-refractivity contribution in [2.45, 2.75) is 0 Å². The number of nitrogens with one attached hydrogen (secondary N) is 1. The maximum Gasteiger partial charge on any atom is 0.282 e. The molecule has 0 atom stereocenters. The fraction of sp³-hybridized carbons (Fsp3) is 0.0909. The summed E-state index contributed by atoms with van der Waals surface area (Å²) in [7, 11) is 3.10. The van der Waals surface area contributed by atoms with Crippen molar-refractivity contribution in [1.29, 1.82) is 0 Å². The molecule has 0 unspecified atom stereocenters. The highest BCUT2D eigenvalue weighted by atomic mass is 32.1. The number of thiophene rings is 1. The van der Waals surface area contributed by atoms with Crippen LogP contribution in [0, 0.1) is 0 Å². The van der Waals surface area contributed by atoms with E-state index in [1.54, 1.807) is 56.7 Å². The molecule has 146 valence electrons. The third-order valence-electron chi connectivity index (χ3n) is 4.49. The summed E-state index contributed by atoms with van der Waals surface area (Å²) >= 11 is 1.41. The quantitative estimate of drug-likeness (QED) is 0.623. The van der Waals surface area contributed by atoms with E-state index in [0.717, 1.165) is 4.88 Å². The third-order valence-corrected chi connectivity index (χ3v) is 5.37. The van der Waals surface area contributed by atoms with Crippen LogP contribution in [0.25, 0.3) is 5.57 Å². The number of carbonyl (C=O) groups excluding carboxylic acids is 2. The molecule has 0 aliphatic carbocycles. The van der Waals surface area contributed by atoms with E-state index in [-0.39, 0.29) is 11.6 Å². The van der Waals surface area contributed by atoms with Gasteiger partial charge in [-0.3, -0.25) is 9.59 Å². The second kappa shape index (κ2) is 7.81. The molecule has 2 amide bonds. The van der Waals surface area contributed by atoms with Gasteiger partial charge in [-0.2, -0.15) is 0 Å². The molecule has 3 aromatic rings. The zero-order valence-electron chi connectivity index (χ0n) is 15.8. The van der Waals surface area contributed by atoms with Crippen LogP contribution in [0.3, 0.4) is 0 Å². The largest absolute Gasteiger partial charge is 0.497 e. The Morgan fingerprint density at radius 3 is 2.14 bits per heavy atom. The number of hydrogen-bond donors (Lipinski definition) is 1. The minimum Gasteiger partial charge on any atom is -0.497 e. The summed E-state index contributed by atoms with van der Waals surface area (Å²) < 4.78 is 10.6. The lowest BCUT2D eigenvalue weighted by Crippen LogP contribution is -2.32. The summed E-state index contributed by atoms with van der Waals surface area (Å²) in [5.74, 6) is 0.371. The fourth-order valence-corrected chi connectivity index (χ4v) is 3.90. The number of ether oxygens (including phenoxy) is 2. The van der Waals surface area contributed by atoms with E-state index < -0.39 is 5.91 Å². The Morgan fingerprint density at radius 2 is 1.55 bits per heavy atom. The molecule has 6 nitrogen and oxygen atoms in total. The number of anilines is 2. The highest BCUT2D eigenvalue weighted by molar-refractivity contribution is 7.11. The minimum atomic E-state index is -0.411. The van der Waals surface area contributed by atoms with Crippen LogP contribution in [0.5, 0.6) is 11.5 Å². The first-order valence-electron chi connectivity index (χ1n) is 8.84. The van der Waals surface area contributed by atoms with Crippen LogP contribution in [0.15, 0.2) is 71.7 Å². The van der Waals surface area contributed by atoms with Gasteiger partial charge in [0.1, 0.15) is 17.2 Å². The van der Waals surface area contributed by atoms with Crippen LogP contribution < -0.4 is 19.7 Å². The first-order valence-corrected chi connectivity index (χ1v) is 9.72. The Morgan fingerprint density at radius 1 is 0.862 bits per heavy atom. The molecule has 1 aliphatic heterocycles. The van der Waals surface area contributed by atoms with Crippen molar-refractivity contribution < 1.29 is 19.1 Å². The molecule has 29 heavy (non-hydrogen) atoms. The lowest BCUT2D eigenvalue weighted by Gasteiger charge is -2.15. The van der Waals surface area contributed by atoms with Gasteiger partial charge >= 0.3 is 0 Å². The SMILES string of the molecule is COc1cc(NC2=C(c3cccs3)C(=O)N(c3ccccc3)C2=O)cc(OC)c1. The summed E-state index contributed by atoms with van der Waals surface area (Å²) in [4.78, 5) is 28.4. The predicted octanol–water partition coefficient (Wildman–Crippen LogP) is 4.16. The number of amides is 2. The molecule has 0 bridgehead atoms. The number of benzene rings is 2. The summed E-state index contributed by atoms with van der Waals surface area (Å²) in [6, 6.07) is 17.8. The average Bonchev–Trinajstić information content (AvgIpc) is 3.35. The molecular formula is C22H18N2O4S. The molecule has 2 heterocycles. The van der Waals surface area contributed by atoms with Crippen LogP contribution in [-0.4, -0.2) is 26.0 Å². The second-order valence-electron chi connectivity index (χ2n) is 6.23. The van der Waals surface area contributed by atoms with Crippen molar-refractivity contribution in [3.05, 3.63) is 76.6 Å². The van der Waals surface area contributed by atoms with E-state index in [1.807, 2.05) is 23.6 Å². The highest BCUT2D eigenvalue weighted by Gasteiger charge is 2.40. The van der Waals surface area contributed by atoms with Gasteiger partial charge in [-0.05, 0) is 23.6 Å². The average molecular weight is 406 g/mol. The van der Waals surface area contributed by atoms with Gasteiger partial charge in [0.25, 0.3) is 11.8 Å². The van der Waals surface area contributed by atoms with E-state index in [2.05, 4.69) is 5.32 Å². The van der Waals surface area contributed by atoms with Crippen molar-refractivity contribution in [2.75, 3.05) is 24.4 Å². The molecule has 0 spiro atoms. The van der Waals surface area contributed by atoms with Gasteiger partial charge < -0.3 is 14.8 Å². The van der Waals surface area contributed by atoms with Gasteiger partial charge in [0, 0.05) is 28.8 Å². The number of carbonyl (C=O) groups is 2. The molecule has 7 heteroatoms. The fourth-order valence-electron chi connectivity index (χ4n) is 3.13. The summed E-state index contributed by atoms with van der Waals surface area (Å²) in [5.41, 5.74) is 1.67. The topological polar surface area (TPSA) is 67.9 Å². The first-order chi connectivity index (χ1) is 14.1. The zero-order chi connectivity index (χ0) is 20.4. The smallest absolute Gasteiger partial charge is 0.282 e. The Bertz CT molecular complexity index is 1070. The monoisotopic (exact) mass is 406 g/mol. The van der Waals surface area contributed by atoms with Gasteiger partial charge in [-0.1, -0.05) is 24.3 Å². The van der Waals surface area contributed by atoms with Crippen molar-refractivity contribution in [3.63, 3.8) is 0 Å². The molecule has 0 saturated carbocycles. The Balaban J connectivity index is 1.80. The number of para-hydroxylation sites is 1. The van der Waals surface area contributed by atoms with Gasteiger partial charge in [-0.25, -0.2) is 4.90 Å². The van der Waals surface area contributed by atoms with Crippen LogP contribution in [-0.2, 0) is 9.59 Å². The number of nitrogens with zero attached hydrogens (tertiary/aromatic N) is 1. The molecule has 1 aliphatic rings. The van der Waals surface area contributed by atoms with Crippen molar-refractivity contribution in [1.82, 2.24) is 0 Å². The van der Waals surface area contributed by atoms with Crippen molar-refractivity contribution >= 4 is 40.1 Å². The summed E-state index contributed by atoms with van der Waals surface area (Å²) in [6.07, 6.45) is 0. The molecule has 0 radical (unpaired) electrons. The molecule has 0 fully saturated rings. The maximum absolute atomic E-state index is 13.3. The van der Waals surface area contributed by atoms with E-state index in [9.17, 15) is 9.59 Å². The lowest BCUT2D eigenvalue weighted by molar-refractivity contribution is -0.120. The van der Waals surface area contributed by atoms with Crippen molar-refractivity contribution in [2.24, 2.45) is 0 Å². The normalized spacial score (nSPS) is 13.8. The van der Waals surface area contributed by atoms with Gasteiger partial charge in [0.2, 0.25) is 0 Å². The van der Waals surface area contributed by atoms with Gasteiger partial charge in [0.15, 0.2) is 0 Å². The molecule has 4 rings (SSSR count). The van der Waals surface area contributed by atoms with E-state index >= 15 is 0 Å². The molecule has 2 aromatic carbocycles.